The van der Waals surface area contributed by atoms with E-state index in [-0.39, 0.29) is 24.4 Å². The molecule has 0 fully saturated rings. The molecule has 0 atom stereocenters. The van der Waals surface area contributed by atoms with Gasteiger partial charge < -0.3 is 5.32 Å². The molecular weight excluding hydrogens is 371 g/mol. The van der Waals surface area contributed by atoms with E-state index >= 15 is 0 Å². The lowest BCUT2D eigenvalue weighted by atomic mass is 10.2. The second-order valence-electron chi connectivity index (χ2n) is 6.31. The zero-order valence-electron chi connectivity index (χ0n) is 14.8. The minimum Gasteiger partial charge on any atom is -0.325 e. The third-order valence-electron chi connectivity index (χ3n) is 3.95. The molecule has 0 aliphatic carbocycles. The van der Waals surface area contributed by atoms with Crippen molar-refractivity contribution in [3.05, 3.63) is 85.9 Å². The highest BCUT2D eigenvalue weighted by Gasteiger charge is 2.16. The van der Waals surface area contributed by atoms with Crippen molar-refractivity contribution < 1.29 is 4.39 Å². The van der Waals surface area contributed by atoms with Gasteiger partial charge in [0, 0.05) is 16.8 Å². The normalized spacial score (nSPS) is 11.0. The molecule has 3 aromatic rings. The van der Waals surface area contributed by atoms with Crippen molar-refractivity contribution >= 4 is 23.2 Å². The first-order chi connectivity index (χ1) is 12.8. The minimum absolute atomic E-state index is 0.0912. The van der Waals surface area contributed by atoms with Crippen LogP contribution in [0, 0.1) is 5.82 Å². The molecule has 27 heavy (non-hydrogen) atoms. The molecular formula is C19H18ClFN4O2. The number of rotatable bonds is 5. The number of benzene rings is 2. The largest absolute Gasteiger partial charge is 0.355 e. The molecule has 0 aliphatic rings. The van der Waals surface area contributed by atoms with E-state index in [4.69, 9.17) is 11.6 Å². The van der Waals surface area contributed by atoms with Crippen molar-refractivity contribution in [3.63, 3.8) is 0 Å². The van der Waals surface area contributed by atoms with E-state index in [2.05, 4.69) is 10.3 Å². The molecule has 0 saturated heterocycles. The first-order valence-corrected chi connectivity index (χ1v) is 8.73. The summed E-state index contributed by atoms with van der Waals surface area (Å²) in [6, 6.07) is 12.3. The highest BCUT2D eigenvalue weighted by molar-refractivity contribution is 6.30. The van der Waals surface area contributed by atoms with Crippen LogP contribution in [0.2, 0.25) is 5.02 Å². The molecule has 1 N–H and O–H groups in total. The van der Waals surface area contributed by atoms with E-state index in [1.54, 1.807) is 50.2 Å². The monoisotopic (exact) mass is 388 g/mol. The average molecular weight is 389 g/mol. The molecule has 2 aromatic carbocycles. The Labute approximate surface area is 159 Å². The van der Waals surface area contributed by atoms with Gasteiger partial charge in [-0.2, -0.15) is 4.98 Å². The Hall–Kier alpha value is -2.93. The van der Waals surface area contributed by atoms with Crippen molar-refractivity contribution in [2.24, 2.45) is 0 Å². The van der Waals surface area contributed by atoms with E-state index < -0.39 is 11.4 Å². The highest BCUT2D eigenvalue weighted by atomic mass is 35.5. The second kappa shape index (κ2) is 7.75. The predicted octanol–water partition coefficient (Wildman–Crippen LogP) is 3.57. The SMILES string of the molecule is CC(C)n1c(=O)nc(Nc2cccc(Cl)c2)n(Cc2ccc(F)cc2)c1=O. The highest BCUT2D eigenvalue weighted by Crippen LogP contribution is 2.18. The number of nitrogens with one attached hydrogen (secondary N) is 1. The summed E-state index contributed by atoms with van der Waals surface area (Å²) in [6.45, 7) is 3.59. The van der Waals surface area contributed by atoms with Gasteiger partial charge in [-0.1, -0.05) is 29.8 Å². The summed E-state index contributed by atoms with van der Waals surface area (Å²) in [5.41, 5.74) is 0.140. The standard InChI is InChI=1S/C19H18ClFN4O2/c1-12(2)25-18(26)23-17(22-16-5-3-4-14(20)10-16)24(19(25)27)11-13-6-8-15(21)9-7-13/h3-10,12H,11H2,1-2H3,(H,22,23,26). The number of halogens is 2. The topological polar surface area (TPSA) is 68.9 Å². The van der Waals surface area contributed by atoms with Crippen molar-refractivity contribution in [1.29, 1.82) is 0 Å². The van der Waals surface area contributed by atoms with Gasteiger partial charge >= 0.3 is 11.4 Å². The molecule has 140 valence electrons. The Bertz CT molecular complexity index is 1070. The fourth-order valence-electron chi connectivity index (χ4n) is 2.65. The van der Waals surface area contributed by atoms with E-state index in [0.29, 0.717) is 16.3 Å². The molecule has 0 bridgehead atoms. The van der Waals surface area contributed by atoms with Crippen LogP contribution in [0.15, 0.2) is 58.1 Å². The number of hydrogen-bond acceptors (Lipinski definition) is 4. The molecule has 6 nitrogen and oxygen atoms in total. The molecule has 0 radical (unpaired) electrons. The summed E-state index contributed by atoms with van der Waals surface area (Å²) < 4.78 is 15.6. The van der Waals surface area contributed by atoms with Crippen molar-refractivity contribution in [2.75, 3.05) is 5.32 Å². The molecule has 0 aliphatic heterocycles. The summed E-state index contributed by atoms with van der Waals surface area (Å²) in [4.78, 5) is 29.3. The van der Waals surface area contributed by atoms with Crippen LogP contribution < -0.4 is 16.7 Å². The lowest BCUT2D eigenvalue weighted by Gasteiger charge is -2.17. The zero-order chi connectivity index (χ0) is 19.6. The quantitative estimate of drug-likeness (QED) is 0.725. The Morgan fingerprint density at radius 1 is 1.15 bits per heavy atom. The van der Waals surface area contributed by atoms with Gasteiger partial charge in [0.05, 0.1) is 6.54 Å². The van der Waals surface area contributed by atoms with Crippen LogP contribution in [0.3, 0.4) is 0 Å². The third-order valence-corrected chi connectivity index (χ3v) is 4.19. The van der Waals surface area contributed by atoms with Crippen molar-refractivity contribution in [1.82, 2.24) is 14.1 Å². The van der Waals surface area contributed by atoms with Crippen molar-refractivity contribution in [3.8, 4) is 0 Å². The predicted molar refractivity (Wildman–Crippen MR) is 103 cm³/mol. The average Bonchev–Trinajstić information content (AvgIpc) is 2.59. The van der Waals surface area contributed by atoms with Gasteiger partial charge in [-0.15, -0.1) is 0 Å². The summed E-state index contributed by atoms with van der Waals surface area (Å²) in [6.07, 6.45) is 0. The van der Waals surface area contributed by atoms with Crippen LogP contribution >= 0.6 is 11.6 Å². The maximum Gasteiger partial charge on any atom is 0.355 e. The summed E-state index contributed by atoms with van der Waals surface area (Å²) in [5.74, 6) is -0.276. The van der Waals surface area contributed by atoms with E-state index in [1.165, 1.54) is 16.7 Å². The van der Waals surface area contributed by atoms with E-state index in [1.807, 2.05) is 0 Å². The van der Waals surface area contributed by atoms with Crippen LogP contribution in [0.4, 0.5) is 16.0 Å². The number of aromatic nitrogens is 3. The smallest absolute Gasteiger partial charge is 0.325 e. The van der Waals surface area contributed by atoms with Crippen LogP contribution in [0.5, 0.6) is 0 Å². The van der Waals surface area contributed by atoms with Crippen molar-refractivity contribution in [2.45, 2.75) is 26.4 Å². The molecule has 1 aromatic heterocycles. The maximum atomic E-state index is 13.2. The molecule has 0 amide bonds. The molecule has 3 rings (SSSR count). The van der Waals surface area contributed by atoms with Gasteiger partial charge in [0.25, 0.3) is 0 Å². The Morgan fingerprint density at radius 2 is 1.85 bits per heavy atom. The van der Waals surface area contributed by atoms with Gasteiger partial charge in [0.2, 0.25) is 5.95 Å². The Morgan fingerprint density at radius 3 is 2.48 bits per heavy atom. The lowest BCUT2D eigenvalue weighted by Crippen LogP contribution is -2.43. The second-order valence-corrected chi connectivity index (χ2v) is 6.75. The molecule has 8 heteroatoms. The first kappa shape index (κ1) is 18.8. The van der Waals surface area contributed by atoms with Crippen LogP contribution in [-0.2, 0) is 6.54 Å². The van der Waals surface area contributed by atoms with Crippen LogP contribution in [0.1, 0.15) is 25.5 Å². The van der Waals surface area contributed by atoms with Gasteiger partial charge in [-0.3, -0.25) is 4.57 Å². The van der Waals surface area contributed by atoms with E-state index in [0.717, 1.165) is 4.57 Å². The lowest BCUT2D eigenvalue weighted by molar-refractivity contribution is 0.497. The third kappa shape index (κ3) is 4.25. The molecule has 0 spiro atoms. The van der Waals surface area contributed by atoms with Gasteiger partial charge in [0.15, 0.2) is 0 Å². The number of nitrogens with zero attached hydrogens (tertiary/aromatic N) is 3. The van der Waals surface area contributed by atoms with E-state index in [9.17, 15) is 14.0 Å². The van der Waals surface area contributed by atoms with Crippen LogP contribution in [0.25, 0.3) is 0 Å². The van der Waals surface area contributed by atoms with Gasteiger partial charge in [0.1, 0.15) is 5.82 Å². The summed E-state index contributed by atoms with van der Waals surface area (Å²) in [5, 5.41) is 3.48. The number of anilines is 2. The fourth-order valence-corrected chi connectivity index (χ4v) is 2.84. The zero-order valence-corrected chi connectivity index (χ0v) is 15.6. The Kier molecular flexibility index (Phi) is 5.41. The van der Waals surface area contributed by atoms with Gasteiger partial charge in [-0.05, 0) is 49.7 Å². The Balaban J connectivity index is 2.11. The maximum absolute atomic E-state index is 13.2. The fraction of sp³-hybridized carbons (Fsp3) is 0.211. The summed E-state index contributed by atoms with van der Waals surface area (Å²) in [7, 11) is 0. The number of hydrogen-bond donors (Lipinski definition) is 1. The molecule has 0 saturated carbocycles. The molecule has 0 unspecified atom stereocenters. The first-order valence-electron chi connectivity index (χ1n) is 8.35. The summed E-state index contributed by atoms with van der Waals surface area (Å²) >= 11 is 5.99. The molecule has 1 heterocycles. The van der Waals surface area contributed by atoms with Gasteiger partial charge in [-0.25, -0.2) is 18.5 Å². The van der Waals surface area contributed by atoms with Crippen LogP contribution in [-0.4, -0.2) is 14.1 Å². The minimum atomic E-state index is -0.644.